The maximum Gasteiger partial charge on any atom is 0.220 e. The molecule has 0 radical (unpaired) electrons. The lowest BCUT2D eigenvalue weighted by atomic mass is 9.84. The number of rotatable bonds is 7. The molecule has 0 saturated carbocycles. The van der Waals surface area contributed by atoms with E-state index in [0.29, 0.717) is 25.8 Å². The van der Waals surface area contributed by atoms with Gasteiger partial charge in [-0.15, -0.1) is 11.3 Å². The number of aromatic nitrogens is 2. The topological polar surface area (TPSA) is 75.5 Å². The summed E-state index contributed by atoms with van der Waals surface area (Å²) in [5.74, 6) is 0.0648. The van der Waals surface area contributed by atoms with Crippen LogP contribution < -0.4 is 10.6 Å². The van der Waals surface area contributed by atoms with E-state index in [9.17, 15) is 9.59 Å². The molecule has 1 aliphatic rings. The van der Waals surface area contributed by atoms with Crippen LogP contribution in [0.15, 0.2) is 30.5 Å². The Morgan fingerprint density at radius 1 is 1.27 bits per heavy atom. The molecule has 2 N–H and O–H groups in total. The lowest BCUT2D eigenvalue weighted by molar-refractivity contribution is -0.122. The number of nitrogens with one attached hydrogen (secondary N) is 2. The number of amides is 2. The Hall–Kier alpha value is -2.67. The smallest absolute Gasteiger partial charge is 0.220 e. The minimum Gasteiger partial charge on any atom is -0.350 e. The van der Waals surface area contributed by atoms with Crippen LogP contribution in [0.4, 0.5) is 0 Å². The Kier molecular flexibility index (Phi) is 5.64. The van der Waals surface area contributed by atoms with Crippen LogP contribution in [-0.2, 0) is 22.6 Å². The van der Waals surface area contributed by atoms with E-state index >= 15 is 0 Å². The molecule has 2 aromatic heterocycles. The van der Waals surface area contributed by atoms with E-state index in [0.717, 1.165) is 23.5 Å². The largest absolute Gasteiger partial charge is 0.350 e. The van der Waals surface area contributed by atoms with Crippen molar-refractivity contribution >= 4 is 28.1 Å². The van der Waals surface area contributed by atoms with Crippen LogP contribution in [0, 0.1) is 20.8 Å². The fraction of sp³-hybridized carbons (Fsp3) is 0.435. The monoisotopic (exact) mass is 424 g/mol. The second-order valence-corrected chi connectivity index (χ2v) is 9.58. The van der Waals surface area contributed by atoms with E-state index in [4.69, 9.17) is 0 Å². The molecule has 3 aromatic rings. The molecule has 30 heavy (non-hydrogen) atoms. The van der Waals surface area contributed by atoms with Crippen LogP contribution in [0.3, 0.4) is 0 Å². The molecule has 1 fully saturated rings. The van der Waals surface area contributed by atoms with Crippen molar-refractivity contribution in [3.63, 3.8) is 0 Å². The van der Waals surface area contributed by atoms with Crippen LogP contribution in [0.2, 0.25) is 0 Å². The molecule has 3 heterocycles. The third-order valence-electron chi connectivity index (χ3n) is 6.03. The first-order valence-corrected chi connectivity index (χ1v) is 11.2. The number of hydrogen-bond acceptors (Lipinski definition) is 4. The molecule has 0 bridgehead atoms. The van der Waals surface area contributed by atoms with E-state index in [2.05, 4.69) is 65.1 Å². The minimum absolute atomic E-state index is 0.0105. The summed E-state index contributed by atoms with van der Waals surface area (Å²) >= 11 is 1.66. The number of thiazole rings is 1. The SMILES string of the molecule is Cc1ccc(C[C@@]2(CCC(=O)NCc3cn4c(C)c(C)sc4n3)CCC(=O)N2)cc1. The third kappa shape index (κ3) is 4.41. The summed E-state index contributed by atoms with van der Waals surface area (Å²) in [6.45, 7) is 6.65. The summed E-state index contributed by atoms with van der Waals surface area (Å²) in [6, 6.07) is 8.39. The highest BCUT2D eigenvalue weighted by atomic mass is 32.1. The predicted octanol–water partition coefficient (Wildman–Crippen LogP) is 3.61. The Morgan fingerprint density at radius 2 is 2.03 bits per heavy atom. The van der Waals surface area contributed by atoms with Crippen molar-refractivity contribution in [2.75, 3.05) is 0 Å². The van der Waals surface area contributed by atoms with Crippen LogP contribution in [0.1, 0.15) is 53.1 Å². The van der Waals surface area contributed by atoms with Gasteiger partial charge in [-0.05, 0) is 45.6 Å². The molecule has 1 saturated heterocycles. The average molecular weight is 425 g/mol. The highest BCUT2D eigenvalue weighted by Crippen LogP contribution is 2.29. The fourth-order valence-electron chi connectivity index (χ4n) is 4.10. The van der Waals surface area contributed by atoms with Gasteiger partial charge in [0, 0.05) is 35.1 Å². The molecule has 1 aliphatic heterocycles. The number of nitrogens with zero attached hydrogens (tertiary/aromatic N) is 2. The van der Waals surface area contributed by atoms with Gasteiger partial charge in [0.15, 0.2) is 4.96 Å². The van der Waals surface area contributed by atoms with Crippen molar-refractivity contribution < 1.29 is 9.59 Å². The second kappa shape index (κ2) is 8.22. The summed E-state index contributed by atoms with van der Waals surface area (Å²) in [5.41, 5.74) is 4.12. The molecule has 0 spiro atoms. The van der Waals surface area contributed by atoms with Crippen molar-refractivity contribution in [2.24, 2.45) is 0 Å². The minimum atomic E-state index is -0.338. The van der Waals surface area contributed by atoms with E-state index < -0.39 is 0 Å². The molecule has 0 aliphatic carbocycles. The maximum atomic E-state index is 12.5. The Labute approximate surface area is 180 Å². The van der Waals surface area contributed by atoms with Gasteiger partial charge in [-0.1, -0.05) is 29.8 Å². The van der Waals surface area contributed by atoms with E-state index in [1.165, 1.54) is 21.7 Å². The van der Waals surface area contributed by atoms with Gasteiger partial charge in [-0.25, -0.2) is 4.98 Å². The van der Waals surface area contributed by atoms with Gasteiger partial charge in [0.1, 0.15) is 0 Å². The Morgan fingerprint density at radius 3 is 2.70 bits per heavy atom. The number of benzene rings is 1. The molecule has 4 rings (SSSR count). The number of carbonyl (C=O) groups is 2. The summed E-state index contributed by atoms with van der Waals surface area (Å²) < 4.78 is 2.08. The van der Waals surface area contributed by atoms with Gasteiger partial charge in [0.05, 0.1) is 12.2 Å². The van der Waals surface area contributed by atoms with Gasteiger partial charge < -0.3 is 10.6 Å². The molecule has 1 aromatic carbocycles. The Balaban J connectivity index is 1.35. The summed E-state index contributed by atoms with van der Waals surface area (Å²) in [6.07, 6.45) is 5.05. The lowest BCUT2D eigenvalue weighted by Crippen LogP contribution is -2.44. The molecule has 0 unspecified atom stereocenters. The second-order valence-electron chi connectivity index (χ2n) is 8.40. The summed E-state index contributed by atoms with van der Waals surface area (Å²) in [5, 5.41) is 6.14. The highest BCUT2D eigenvalue weighted by molar-refractivity contribution is 7.17. The van der Waals surface area contributed by atoms with E-state index in [1.807, 2.05) is 6.20 Å². The van der Waals surface area contributed by atoms with Crippen LogP contribution >= 0.6 is 11.3 Å². The van der Waals surface area contributed by atoms with E-state index in [-0.39, 0.29) is 17.4 Å². The zero-order chi connectivity index (χ0) is 21.3. The maximum absolute atomic E-state index is 12.5. The average Bonchev–Trinajstić information content (AvgIpc) is 3.36. The lowest BCUT2D eigenvalue weighted by Gasteiger charge is -2.29. The predicted molar refractivity (Wildman–Crippen MR) is 119 cm³/mol. The number of hydrogen-bond donors (Lipinski definition) is 2. The molecule has 7 heteroatoms. The van der Waals surface area contributed by atoms with Gasteiger partial charge >= 0.3 is 0 Å². The summed E-state index contributed by atoms with van der Waals surface area (Å²) in [4.78, 5) is 31.3. The fourth-order valence-corrected chi connectivity index (χ4v) is 5.07. The quantitative estimate of drug-likeness (QED) is 0.608. The molecule has 1 atom stereocenters. The van der Waals surface area contributed by atoms with Crippen LogP contribution in [-0.4, -0.2) is 26.7 Å². The van der Waals surface area contributed by atoms with Crippen LogP contribution in [0.25, 0.3) is 4.96 Å². The van der Waals surface area contributed by atoms with Crippen LogP contribution in [0.5, 0.6) is 0 Å². The molecule has 158 valence electrons. The van der Waals surface area contributed by atoms with Gasteiger partial charge in [0.2, 0.25) is 11.8 Å². The molecular formula is C23H28N4O2S. The molecule has 2 amide bonds. The normalized spacial score (nSPS) is 18.7. The van der Waals surface area contributed by atoms with Gasteiger partial charge in [0.25, 0.3) is 0 Å². The number of aryl methyl sites for hydroxylation is 3. The zero-order valence-electron chi connectivity index (χ0n) is 17.7. The zero-order valence-corrected chi connectivity index (χ0v) is 18.6. The van der Waals surface area contributed by atoms with Crippen molar-refractivity contribution in [2.45, 2.75) is 65.0 Å². The summed E-state index contributed by atoms with van der Waals surface area (Å²) in [7, 11) is 0. The van der Waals surface area contributed by atoms with Crippen molar-refractivity contribution in [3.05, 3.63) is 57.9 Å². The standard InChI is InChI=1S/C23H28N4O2S/c1-15-4-6-18(7-5-15)12-23(11-9-21(29)26-23)10-8-20(28)24-13-19-14-27-16(2)17(3)30-22(27)25-19/h4-7,14H,8-13H2,1-3H3,(H,24,28)(H,26,29)/t23-/m1/s1. The molecular weight excluding hydrogens is 396 g/mol. The molecule has 6 nitrogen and oxygen atoms in total. The van der Waals surface area contributed by atoms with Crippen molar-refractivity contribution in [1.29, 1.82) is 0 Å². The number of fused-ring (bicyclic) bond motifs is 1. The first kappa shape index (κ1) is 20.6. The number of imidazole rings is 1. The van der Waals surface area contributed by atoms with Crippen molar-refractivity contribution in [3.8, 4) is 0 Å². The van der Waals surface area contributed by atoms with Gasteiger partial charge in [-0.3, -0.25) is 14.0 Å². The third-order valence-corrected chi connectivity index (χ3v) is 7.11. The first-order valence-electron chi connectivity index (χ1n) is 10.4. The highest BCUT2D eigenvalue weighted by Gasteiger charge is 2.37. The van der Waals surface area contributed by atoms with Gasteiger partial charge in [-0.2, -0.15) is 0 Å². The first-order chi connectivity index (χ1) is 14.3. The Bertz CT molecular complexity index is 1080. The van der Waals surface area contributed by atoms with E-state index in [1.54, 1.807) is 11.3 Å². The van der Waals surface area contributed by atoms with Crippen molar-refractivity contribution in [1.82, 2.24) is 20.0 Å². The number of carbonyl (C=O) groups excluding carboxylic acids is 2.